The van der Waals surface area contributed by atoms with Gasteiger partial charge in [-0.1, -0.05) is 78.4 Å². The van der Waals surface area contributed by atoms with E-state index in [2.05, 4.69) is 17.4 Å². The first kappa shape index (κ1) is 19.7. The molecule has 1 aliphatic carbocycles. The first-order valence-electron chi connectivity index (χ1n) is 9.91. The maximum Gasteiger partial charge on any atom is 0.407 e. The highest BCUT2D eigenvalue weighted by Gasteiger charge is 2.29. The average molecular weight is 400 g/mol. The molecule has 0 saturated heterocycles. The number of alkyl carbamates (subject to hydrolysis) is 1. The minimum absolute atomic E-state index is 0.0818. The molecule has 0 unspecified atom stereocenters. The van der Waals surface area contributed by atoms with Crippen LogP contribution in [0.3, 0.4) is 0 Å². The van der Waals surface area contributed by atoms with Crippen molar-refractivity contribution in [1.29, 1.82) is 0 Å². The highest BCUT2D eigenvalue weighted by Crippen LogP contribution is 2.44. The molecular weight excluding hydrogens is 378 g/mol. The number of hydrogen-bond donors (Lipinski definition) is 1. The van der Waals surface area contributed by atoms with E-state index in [0.717, 1.165) is 33.4 Å². The Balaban J connectivity index is 1.43. The second-order valence-corrected chi connectivity index (χ2v) is 7.53. The largest absolute Gasteiger partial charge is 0.548 e. The highest BCUT2D eigenvalue weighted by molar-refractivity contribution is 5.80. The number of carboxylic acids is 1. The van der Waals surface area contributed by atoms with Crippen LogP contribution in [0, 0.1) is 6.92 Å². The summed E-state index contributed by atoms with van der Waals surface area (Å²) in [6.07, 6.45) is -0.634. The number of fused-ring (bicyclic) bond motifs is 3. The summed E-state index contributed by atoms with van der Waals surface area (Å²) in [5, 5.41) is 13.9. The van der Waals surface area contributed by atoms with Crippen molar-refractivity contribution in [2.75, 3.05) is 6.61 Å². The van der Waals surface area contributed by atoms with Gasteiger partial charge in [-0.3, -0.25) is 0 Å². The molecule has 0 bridgehead atoms. The van der Waals surface area contributed by atoms with Crippen LogP contribution >= 0.6 is 0 Å². The molecule has 3 aromatic carbocycles. The standard InChI is InChI=1S/C25H23NO4/c1-16-10-12-17(13-11-16)14-23(24(27)28)26-25(29)30-15-22-20-8-4-2-6-18(20)19-7-3-5-9-21(19)22/h2-13,22-23H,14-15H2,1H3,(H,26,29)(H,27,28)/p-1/t23-/m0/s1. The molecular formula is C25H22NO4-. The monoisotopic (exact) mass is 400 g/mol. The molecule has 0 heterocycles. The van der Waals surface area contributed by atoms with E-state index in [9.17, 15) is 14.7 Å². The van der Waals surface area contributed by atoms with Crippen LogP contribution in [-0.2, 0) is 16.0 Å². The first-order valence-corrected chi connectivity index (χ1v) is 9.91. The molecule has 1 N–H and O–H groups in total. The lowest BCUT2D eigenvalue weighted by molar-refractivity contribution is -0.308. The maximum atomic E-state index is 12.4. The summed E-state index contributed by atoms with van der Waals surface area (Å²) < 4.78 is 5.44. The van der Waals surface area contributed by atoms with Crippen molar-refractivity contribution in [1.82, 2.24) is 5.32 Å². The predicted molar refractivity (Wildman–Crippen MR) is 112 cm³/mol. The van der Waals surface area contributed by atoms with Crippen LogP contribution in [0.15, 0.2) is 72.8 Å². The second-order valence-electron chi connectivity index (χ2n) is 7.53. The Labute approximate surface area is 175 Å². The van der Waals surface area contributed by atoms with Gasteiger partial charge in [0.25, 0.3) is 0 Å². The Morgan fingerprint density at radius 3 is 2.07 bits per heavy atom. The molecule has 0 spiro atoms. The number of carboxylic acid groups (broad SMARTS) is 1. The Kier molecular flexibility index (Phi) is 5.53. The van der Waals surface area contributed by atoms with Crippen molar-refractivity contribution < 1.29 is 19.4 Å². The van der Waals surface area contributed by atoms with Crippen molar-refractivity contribution >= 4 is 12.1 Å². The normalized spacial score (nSPS) is 13.2. The van der Waals surface area contributed by atoms with E-state index in [-0.39, 0.29) is 18.9 Å². The minimum Gasteiger partial charge on any atom is -0.548 e. The highest BCUT2D eigenvalue weighted by atomic mass is 16.5. The Hall–Kier alpha value is -3.60. The van der Waals surface area contributed by atoms with Crippen LogP contribution in [0.2, 0.25) is 0 Å². The van der Waals surface area contributed by atoms with Gasteiger partial charge in [0, 0.05) is 5.92 Å². The number of benzene rings is 3. The van der Waals surface area contributed by atoms with Gasteiger partial charge >= 0.3 is 6.09 Å². The van der Waals surface area contributed by atoms with Crippen molar-refractivity contribution in [2.24, 2.45) is 0 Å². The zero-order valence-corrected chi connectivity index (χ0v) is 16.6. The third-order valence-corrected chi connectivity index (χ3v) is 5.48. The van der Waals surface area contributed by atoms with E-state index in [0.29, 0.717) is 0 Å². The third kappa shape index (κ3) is 4.06. The average Bonchev–Trinajstić information content (AvgIpc) is 3.07. The van der Waals surface area contributed by atoms with E-state index in [4.69, 9.17) is 4.74 Å². The van der Waals surface area contributed by atoms with Crippen molar-refractivity contribution in [2.45, 2.75) is 25.3 Å². The number of carbonyl (C=O) groups is 2. The van der Waals surface area contributed by atoms with Crippen LogP contribution in [0.4, 0.5) is 4.79 Å². The summed E-state index contributed by atoms with van der Waals surface area (Å²) in [4.78, 5) is 23.9. The summed E-state index contributed by atoms with van der Waals surface area (Å²) in [5.74, 6) is -1.43. The zero-order chi connectivity index (χ0) is 21.1. The van der Waals surface area contributed by atoms with E-state index >= 15 is 0 Å². The van der Waals surface area contributed by atoms with Crippen LogP contribution in [-0.4, -0.2) is 24.7 Å². The van der Waals surface area contributed by atoms with Gasteiger partial charge in [-0.2, -0.15) is 0 Å². The molecule has 0 aromatic heterocycles. The van der Waals surface area contributed by atoms with Crippen LogP contribution in [0.25, 0.3) is 11.1 Å². The van der Waals surface area contributed by atoms with Crippen molar-refractivity contribution in [3.8, 4) is 11.1 Å². The number of ether oxygens (including phenoxy) is 1. The van der Waals surface area contributed by atoms with E-state index in [1.807, 2.05) is 67.6 Å². The molecule has 1 atom stereocenters. The number of amides is 1. The number of hydrogen-bond acceptors (Lipinski definition) is 4. The number of carbonyl (C=O) groups excluding carboxylic acids is 2. The molecule has 0 saturated carbocycles. The molecule has 152 valence electrons. The Morgan fingerprint density at radius 2 is 1.50 bits per heavy atom. The summed E-state index contributed by atoms with van der Waals surface area (Å²) >= 11 is 0. The quantitative estimate of drug-likeness (QED) is 0.689. The smallest absolute Gasteiger partial charge is 0.407 e. The van der Waals surface area contributed by atoms with Crippen molar-refractivity contribution in [3.05, 3.63) is 95.1 Å². The first-order chi connectivity index (χ1) is 14.5. The topological polar surface area (TPSA) is 78.5 Å². The fraction of sp³-hybridized carbons (Fsp3) is 0.200. The van der Waals surface area contributed by atoms with E-state index in [1.165, 1.54) is 0 Å². The lowest BCUT2D eigenvalue weighted by Gasteiger charge is -2.21. The molecule has 30 heavy (non-hydrogen) atoms. The molecule has 1 amide bonds. The fourth-order valence-electron chi connectivity index (χ4n) is 3.94. The number of rotatable bonds is 6. The summed E-state index contributed by atoms with van der Waals surface area (Å²) in [5.41, 5.74) is 6.34. The number of aryl methyl sites for hydroxylation is 1. The second kappa shape index (κ2) is 8.41. The van der Waals surface area contributed by atoms with Gasteiger partial charge in [0.1, 0.15) is 6.61 Å². The third-order valence-electron chi connectivity index (χ3n) is 5.48. The summed E-state index contributed by atoms with van der Waals surface area (Å²) in [6.45, 7) is 2.08. The summed E-state index contributed by atoms with van der Waals surface area (Å²) in [7, 11) is 0. The number of aliphatic carboxylic acids is 1. The molecule has 0 fully saturated rings. The van der Waals surface area contributed by atoms with E-state index in [1.54, 1.807) is 0 Å². The van der Waals surface area contributed by atoms with Crippen LogP contribution in [0.1, 0.15) is 28.2 Å². The molecule has 0 aliphatic heterocycles. The molecule has 1 aliphatic rings. The van der Waals surface area contributed by atoms with Gasteiger partial charge in [0.05, 0.1) is 12.0 Å². The molecule has 5 heteroatoms. The zero-order valence-electron chi connectivity index (χ0n) is 16.6. The minimum atomic E-state index is -1.34. The summed E-state index contributed by atoms with van der Waals surface area (Å²) in [6, 6.07) is 22.4. The van der Waals surface area contributed by atoms with Gasteiger partial charge in [-0.25, -0.2) is 4.79 Å². The number of nitrogens with one attached hydrogen (secondary N) is 1. The van der Waals surface area contributed by atoms with E-state index < -0.39 is 18.1 Å². The van der Waals surface area contributed by atoms with Crippen LogP contribution < -0.4 is 10.4 Å². The molecule has 5 nitrogen and oxygen atoms in total. The Bertz CT molecular complexity index is 1030. The van der Waals surface area contributed by atoms with Gasteiger partial charge < -0.3 is 20.0 Å². The molecule has 3 aromatic rings. The van der Waals surface area contributed by atoms with Gasteiger partial charge in [0.2, 0.25) is 0 Å². The molecule has 0 radical (unpaired) electrons. The maximum absolute atomic E-state index is 12.4. The van der Waals surface area contributed by atoms with Gasteiger partial charge in [-0.05, 0) is 41.2 Å². The Morgan fingerprint density at radius 1 is 0.933 bits per heavy atom. The fourth-order valence-corrected chi connectivity index (χ4v) is 3.94. The predicted octanol–water partition coefficient (Wildman–Crippen LogP) is 3.19. The molecule has 4 rings (SSSR count). The van der Waals surface area contributed by atoms with Gasteiger partial charge in [0.15, 0.2) is 0 Å². The lowest BCUT2D eigenvalue weighted by atomic mass is 9.98. The lowest BCUT2D eigenvalue weighted by Crippen LogP contribution is -2.49. The van der Waals surface area contributed by atoms with Gasteiger partial charge in [-0.15, -0.1) is 0 Å². The van der Waals surface area contributed by atoms with Crippen molar-refractivity contribution in [3.63, 3.8) is 0 Å². The van der Waals surface area contributed by atoms with Crippen LogP contribution in [0.5, 0.6) is 0 Å². The SMILES string of the molecule is Cc1ccc(C[C@H](NC(=O)OCC2c3ccccc3-c3ccccc32)C(=O)[O-])cc1.